The molecule has 3 rings (SSSR count). The summed E-state index contributed by atoms with van der Waals surface area (Å²) in [5.74, 6) is 1.58. The maximum atomic E-state index is 6.38. The Balaban J connectivity index is 1.94. The highest BCUT2D eigenvalue weighted by molar-refractivity contribution is 5.73. The molecule has 0 aliphatic carbocycles. The van der Waals surface area contributed by atoms with E-state index in [1.807, 2.05) is 0 Å². The number of rotatable bonds is 11. The lowest BCUT2D eigenvalue weighted by Gasteiger charge is -2.26. The molecule has 1 fully saturated rings. The fourth-order valence-corrected chi connectivity index (χ4v) is 4.33. The number of hydrogen-bond donors (Lipinski definition) is 0. The number of aryl methyl sites for hydroxylation is 4. The van der Waals surface area contributed by atoms with Gasteiger partial charge in [-0.25, -0.2) is 9.97 Å². The summed E-state index contributed by atoms with van der Waals surface area (Å²) in [6, 6.07) is 4.33. The number of ether oxygens (including phenoxy) is 3. The Labute approximate surface area is 199 Å². The zero-order valence-corrected chi connectivity index (χ0v) is 21.4. The lowest BCUT2D eigenvalue weighted by molar-refractivity contribution is 0.0323. The molecule has 182 valence electrons. The molecule has 0 atom stereocenters. The van der Waals surface area contributed by atoms with Gasteiger partial charge in [-0.05, 0) is 56.7 Å². The quantitative estimate of drug-likeness (QED) is 0.466. The van der Waals surface area contributed by atoms with Crippen molar-refractivity contribution < 1.29 is 14.2 Å². The topological polar surface area (TPSA) is 56.7 Å². The average Bonchev–Trinajstić information content (AvgIpc) is 2.82. The van der Waals surface area contributed by atoms with Gasteiger partial charge >= 0.3 is 0 Å². The van der Waals surface area contributed by atoms with Crippen LogP contribution in [0.4, 0.5) is 0 Å². The Hall–Kier alpha value is -2.18. The molecule has 1 aliphatic heterocycles. The Kier molecular flexibility index (Phi) is 9.51. The van der Waals surface area contributed by atoms with Gasteiger partial charge in [0.25, 0.3) is 0 Å². The maximum absolute atomic E-state index is 6.38. The summed E-state index contributed by atoms with van der Waals surface area (Å²) in [6.07, 6.45) is 3.65. The molecule has 1 saturated heterocycles. The molecule has 0 bridgehead atoms. The first-order valence-corrected chi connectivity index (χ1v) is 12.6. The largest absolute Gasteiger partial charge is 0.492 e. The van der Waals surface area contributed by atoms with Gasteiger partial charge in [0.05, 0.1) is 30.7 Å². The van der Waals surface area contributed by atoms with E-state index in [1.54, 1.807) is 0 Å². The first kappa shape index (κ1) is 25.4. The summed E-state index contributed by atoms with van der Waals surface area (Å²) in [5, 5.41) is 0. The summed E-state index contributed by atoms with van der Waals surface area (Å²) in [5.41, 5.74) is 6.19. The molecule has 1 aliphatic rings. The monoisotopic (exact) mass is 455 g/mol. The van der Waals surface area contributed by atoms with E-state index >= 15 is 0 Å². The van der Waals surface area contributed by atoms with E-state index in [-0.39, 0.29) is 6.10 Å². The van der Waals surface area contributed by atoms with Crippen LogP contribution in [0.2, 0.25) is 0 Å². The molecule has 1 aromatic heterocycles. The zero-order chi connectivity index (χ0) is 23.8. The van der Waals surface area contributed by atoms with Crippen molar-refractivity contribution in [3.8, 4) is 22.9 Å². The lowest BCUT2D eigenvalue weighted by atomic mass is 9.99. The van der Waals surface area contributed by atoms with Crippen LogP contribution in [0.1, 0.15) is 63.1 Å². The van der Waals surface area contributed by atoms with Gasteiger partial charge < -0.3 is 14.2 Å². The summed E-state index contributed by atoms with van der Waals surface area (Å²) in [4.78, 5) is 12.5. The van der Waals surface area contributed by atoms with Crippen molar-refractivity contribution in [2.45, 2.75) is 73.3 Å². The molecule has 2 heterocycles. The molecule has 0 unspecified atom stereocenters. The smallest absolute Gasteiger partial charge is 0.236 e. The number of morpholine rings is 1. The van der Waals surface area contributed by atoms with E-state index in [1.165, 1.54) is 5.56 Å². The van der Waals surface area contributed by atoms with Gasteiger partial charge in [0, 0.05) is 25.2 Å². The van der Waals surface area contributed by atoms with E-state index in [0.29, 0.717) is 12.5 Å². The minimum atomic E-state index is 0.167. The highest BCUT2D eigenvalue weighted by atomic mass is 16.5. The zero-order valence-electron chi connectivity index (χ0n) is 21.4. The van der Waals surface area contributed by atoms with Crippen molar-refractivity contribution in [2.75, 3.05) is 39.5 Å². The van der Waals surface area contributed by atoms with Crippen molar-refractivity contribution in [2.24, 2.45) is 0 Å². The van der Waals surface area contributed by atoms with Crippen LogP contribution in [-0.4, -0.2) is 60.4 Å². The summed E-state index contributed by atoms with van der Waals surface area (Å²) < 4.78 is 18.1. The van der Waals surface area contributed by atoms with Crippen LogP contribution < -0.4 is 9.47 Å². The Morgan fingerprint density at radius 1 is 0.970 bits per heavy atom. The van der Waals surface area contributed by atoms with Gasteiger partial charge in [0.15, 0.2) is 0 Å². The van der Waals surface area contributed by atoms with Crippen LogP contribution in [0.25, 0.3) is 11.3 Å². The molecular weight excluding hydrogens is 414 g/mol. The number of hydrogen-bond acceptors (Lipinski definition) is 6. The minimum absolute atomic E-state index is 0.167. The van der Waals surface area contributed by atoms with E-state index in [0.717, 1.165) is 92.5 Å². The fraction of sp³-hybridized carbons (Fsp3) is 0.630. The molecule has 1 aromatic carbocycles. The van der Waals surface area contributed by atoms with E-state index < -0.39 is 0 Å². The normalized spacial score (nSPS) is 14.6. The van der Waals surface area contributed by atoms with Crippen LogP contribution in [0, 0.1) is 13.8 Å². The molecule has 0 saturated carbocycles. The SMILES string of the molecule is CCc1nc(-c2c(C)cc(C)cc2OCCN2CCOCC2)c(CC)nc1OC(CC)CC. The molecular formula is C27H41N3O3. The van der Waals surface area contributed by atoms with Gasteiger partial charge in [0.1, 0.15) is 18.1 Å². The second-order valence-corrected chi connectivity index (χ2v) is 8.79. The Morgan fingerprint density at radius 3 is 2.30 bits per heavy atom. The van der Waals surface area contributed by atoms with Crippen LogP contribution >= 0.6 is 0 Å². The first-order chi connectivity index (χ1) is 16.0. The lowest BCUT2D eigenvalue weighted by Crippen LogP contribution is -2.38. The molecule has 0 amide bonds. The van der Waals surface area contributed by atoms with Gasteiger partial charge in [-0.2, -0.15) is 0 Å². The van der Waals surface area contributed by atoms with Gasteiger partial charge in [-0.1, -0.05) is 33.8 Å². The highest BCUT2D eigenvalue weighted by Crippen LogP contribution is 2.37. The third-order valence-electron chi connectivity index (χ3n) is 6.31. The van der Waals surface area contributed by atoms with Crippen LogP contribution in [0.5, 0.6) is 11.6 Å². The van der Waals surface area contributed by atoms with Crippen molar-refractivity contribution >= 4 is 0 Å². The summed E-state index contributed by atoms with van der Waals surface area (Å²) in [6.45, 7) is 17.9. The van der Waals surface area contributed by atoms with Gasteiger partial charge in [-0.3, -0.25) is 4.90 Å². The van der Waals surface area contributed by atoms with Gasteiger partial charge in [0.2, 0.25) is 5.88 Å². The first-order valence-electron chi connectivity index (χ1n) is 12.6. The van der Waals surface area contributed by atoms with Crippen molar-refractivity contribution in [3.63, 3.8) is 0 Å². The second-order valence-electron chi connectivity index (χ2n) is 8.79. The van der Waals surface area contributed by atoms with Crippen LogP contribution in [0.15, 0.2) is 12.1 Å². The minimum Gasteiger partial charge on any atom is -0.492 e. The molecule has 6 heteroatoms. The fourth-order valence-electron chi connectivity index (χ4n) is 4.33. The molecule has 6 nitrogen and oxygen atoms in total. The van der Waals surface area contributed by atoms with Crippen molar-refractivity contribution in [3.05, 3.63) is 34.6 Å². The highest BCUT2D eigenvalue weighted by Gasteiger charge is 2.21. The van der Waals surface area contributed by atoms with Gasteiger partial charge in [-0.15, -0.1) is 0 Å². The molecule has 0 spiro atoms. The molecule has 33 heavy (non-hydrogen) atoms. The van der Waals surface area contributed by atoms with Crippen LogP contribution in [-0.2, 0) is 17.6 Å². The maximum Gasteiger partial charge on any atom is 0.236 e. The number of aromatic nitrogens is 2. The number of benzene rings is 1. The summed E-state index contributed by atoms with van der Waals surface area (Å²) in [7, 11) is 0. The average molecular weight is 456 g/mol. The number of nitrogens with zero attached hydrogens (tertiary/aromatic N) is 3. The third kappa shape index (κ3) is 6.45. The Bertz CT molecular complexity index is 906. The van der Waals surface area contributed by atoms with E-state index in [4.69, 9.17) is 24.2 Å². The predicted molar refractivity (Wildman–Crippen MR) is 133 cm³/mol. The molecule has 0 radical (unpaired) electrons. The second kappa shape index (κ2) is 12.3. The van der Waals surface area contributed by atoms with Crippen molar-refractivity contribution in [1.82, 2.24) is 14.9 Å². The van der Waals surface area contributed by atoms with E-state index in [2.05, 4.69) is 58.6 Å². The van der Waals surface area contributed by atoms with Crippen molar-refractivity contribution in [1.29, 1.82) is 0 Å². The standard InChI is InChI=1S/C27H41N3O3/c1-7-21(8-2)33-27-23(10-4)28-26(22(9-3)29-27)25-20(6)17-19(5)18-24(25)32-16-13-30-11-14-31-15-12-30/h17-18,21H,7-16H2,1-6H3. The molecule has 2 aromatic rings. The molecule has 0 N–H and O–H groups in total. The van der Waals surface area contributed by atoms with Crippen LogP contribution in [0.3, 0.4) is 0 Å². The van der Waals surface area contributed by atoms with E-state index in [9.17, 15) is 0 Å². The summed E-state index contributed by atoms with van der Waals surface area (Å²) >= 11 is 0. The predicted octanol–water partition coefficient (Wildman–Crippen LogP) is 5.16. The third-order valence-corrected chi connectivity index (χ3v) is 6.31. The Morgan fingerprint density at radius 2 is 1.67 bits per heavy atom.